The van der Waals surface area contributed by atoms with Crippen LogP contribution in [0.3, 0.4) is 0 Å². The Labute approximate surface area is 134 Å². The summed E-state index contributed by atoms with van der Waals surface area (Å²) in [5, 5.41) is 3.08. The summed E-state index contributed by atoms with van der Waals surface area (Å²) in [6, 6.07) is 10.4. The third-order valence-corrected chi connectivity index (χ3v) is 4.41. The Bertz CT molecular complexity index is 778. The van der Waals surface area contributed by atoms with Crippen molar-refractivity contribution in [1.82, 2.24) is 9.88 Å². The second kappa shape index (κ2) is 6.28. The number of benzene rings is 1. The van der Waals surface area contributed by atoms with Crippen molar-refractivity contribution in [2.45, 2.75) is 25.3 Å². The smallest absolute Gasteiger partial charge is 0.251 e. The zero-order chi connectivity index (χ0) is 16.4. The first kappa shape index (κ1) is 15.3. The summed E-state index contributed by atoms with van der Waals surface area (Å²) < 4.78 is 6.79. The molecule has 1 unspecified atom stereocenters. The van der Waals surface area contributed by atoms with Gasteiger partial charge in [-0.05, 0) is 55.2 Å². The van der Waals surface area contributed by atoms with Crippen LogP contribution in [-0.2, 0) is 13.5 Å². The Morgan fingerprint density at radius 2 is 1.96 bits per heavy atom. The SMILES string of the molecule is COc1ccc(C(=O)NC2CCCc3c2ccc(=O)n3C)cc1. The molecule has 1 aliphatic carbocycles. The molecule has 120 valence electrons. The molecule has 23 heavy (non-hydrogen) atoms. The van der Waals surface area contributed by atoms with Gasteiger partial charge in [-0.15, -0.1) is 0 Å². The fraction of sp³-hybridized carbons (Fsp3) is 0.333. The molecular formula is C18H20N2O3. The van der Waals surface area contributed by atoms with E-state index in [0.717, 1.165) is 36.3 Å². The van der Waals surface area contributed by atoms with E-state index in [9.17, 15) is 9.59 Å². The van der Waals surface area contributed by atoms with Gasteiger partial charge in [-0.3, -0.25) is 9.59 Å². The van der Waals surface area contributed by atoms with E-state index in [1.54, 1.807) is 49.1 Å². The lowest BCUT2D eigenvalue weighted by molar-refractivity contribution is 0.0932. The largest absolute Gasteiger partial charge is 0.497 e. The molecule has 0 spiro atoms. The van der Waals surface area contributed by atoms with Crippen LogP contribution in [0.25, 0.3) is 0 Å². The zero-order valence-electron chi connectivity index (χ0n) is 13.3. The summed E-state index contributed by atoms with van der Waals surface area (Å²) in [5.41, 5.74) is 2.65. The van der Waals surface area contributed by atoms with Crippen molar-refractivity contribution in [2.24, 2.45) is 7.05 Å². The van der Waals surface area contributed by atoms with Crippen molar-refractivity contribution >= 4 is 5.91 Å². The number of rotatable bonds is 3. The molecule has 1 N–H and O–H groups in total. The van der Waals surface area contributed by atoms with Gasteiger partial charge in [-0.2, -0.15) is 0 Å². The number of amides is 1. The van der Waals surface area contributed by atoms with Crippen LogP contribution in [0, 0.1) is 0 Å². The number of hydrogen-bond donors (Lipinski definition) is 1. The Kier molecular flexibility index (Phi) is 4.19. The predicted molar refractivity (Wildman–Crippen MR) is 87.8 cm³/mol. The molecule has 1 aliphatic rings. The van der Waals surface area contributed by atoms with Crippen LogP contribution >= 0.6 is 0 Å². The average molecular weight is 312 g/mol. The van der Waals surface area contributed by atoms with Gasteiger partial charge in [0, 0.05) is 24.4 Å². The predicted octanol–water partition coefficient (Wildman–Crippen LogP) is 2.20. The van der Waals surface area contributed by atoms with E-state index in [0.29, 0.717) is 5.56 Å². The lowest BCUT2D eigenvalue weighted by Gasteiger charge is -2.27. The normalized spacial score (nSPS) is 16.5. The molecule has 3 rings (SSSR count). The quantitative estimate of drug-likeness (QED) is 0.945. The van der Waals surface area contributed by atoms with Gasteiger partial charge in [0.25, 0.3) is 5.91 Å². The number of carbonyl (C=O) groups excluding carboxylic acids is 1. The van der Waals surface area contributed by atoms with Crippen molar-refractivity contribution in [2.75, 3.05) is 7.11 Å². The molecule has 1 amide bonds. The summed E-state index contributed by atoms with van der Waals surface area (Å²) in [5.74, 6) is 0.610. The number of pyridine rings is 1. The molecular weight excluding hydrogens is 292 g/mol. The topological polar surface area (TPSA) is 60.3 Å². The molecule has 1 aromatic heterocycles. The second-order valence-corrected chi connectivity index (χ2v) is 5.78. The number of aromatic nitrogens is 1. The lowest BCUT2D eigenvalue weighted by atomic mass is 9.90. The molecule has 1 aromatic carbocycles. The number of carbonyl (C=O) groups is 1. The number of hydrogen-bond acceptors (Lipinski definition) is 3. The van der Waals surface area contributed by atoms with E-state index in [2.05, 4.69) is 5.32 Å². The Morgan fingerprint density at radius 1 is 1.22 bits per heavy atom. The van der Waals surface area contributed by atoms with Gasteiger partial charge in [0.05, 0.1) is 13.2 Å². The van der Waals surface area contributed by atoms with Crippen LogP contribution in [0.2, 0.25) is 0 Å². The zero-order valence-corrected chi connectivity index (χ0v) is 13.3. The van der Waals surface area contributed by atoms with E-state index < -0.39 is 0 Å². The first-order chi connectivity index (χ1) is 11.1. The second-order valence-electron chi connectivity index (χ2n) is 5.78. The maximum absolute atomic E-state index is 12.5. The van der Waals surface area contributed by atoms with Crippen LogP contribution in [0.1, 0.15) is 40.5 Å². The molecule has 0 fully saturated rings. The Balaban J connectivity index is 1.83. The Hall–Kier alpha value is -2.56. The maximum Gasteiger partial charge on any atom is 0.251 e. The van der Waals surface area contributed by atoms with E-state index in [4.69, 9.17) is 4.74 Å². The van der Waals surface area contributed by atoms with Crippen LogP contribution in [0.4, 0.5) is 0 Å². The van der Waals surface area contributed by atoms with Gasteiger partial charge in [-0.1, -0.05) is 0 Å². The van der Waals surface area contributed by atoms with Crippen molar-refractivity contribution in [3.8, 4) is 5.75 Å². The standard InChI is InChI=1S/C18H20N2O3/c1-20-16-5-3-4-15(14(16)10-11-17(20)21)19-18(22)12-6-8-13(23-2)9-7-12/h6-11,15H,3-5H2,1-2H3,(H,19,22). The highest BCUT2D eigenvalue weighted by Crippen LogP contribution is 2.28. The monoisotopic (exact) mass is 312 g/mol. The van der Waals surface area contributed by atoms with Gasteiger partial charge < -0.3 is 14.6 Å². The van der Waals surface area contributed by atoms with E-state index >= 15 is 0 Å². The van der Waals surface area contributed by atoms with Crippen LogP contribution in [0.5, 0.6) is 5.75 Å². The van der Waals surface area contributed by atoms with E-state index in [1.165, 1.54) is 0 Å². The first-order valence-corrected chi connectivity index (χ1v) is 7.74. The summed E-state index contributed by atoms with van der Waals surface area (Å²) >= 11 is 0. The lowest BCUT2D eigenvalue weighted by Crippen LogP contribution is -2.33. The van der Waals surface area contributed by atoms with Crippen LogP contribution in [0.15, 0.2) is 41.2 Å². The van der Waals surface area contributed by atoms with Crippen LogP contribution in [-0.4, -0.2) is 17.6 Å². The molecule has 0 aliphatic heterocycles. The molecule has 1 atom stereocenters. The molecule has 0 saturated heterocycles. The first-order valence-electron chi connectivity index (χ1n) is 7.74. The van der Waals surface area contributed by atoms with Crippen molar-refractivity contribution < 1.29 is 9.53 Å². The molecule has 0 radical (unpaired) electrons. The number of methoxy groups -OCH3 is 1. The molecule has 0 bridgehead atoms. The fourth-order valence-corrected chi connectivity index (χ4v) is 3.09. The number of fused-ring (bicyclic) bond motifs is 1. The number of nitrogens with one attached hydrogen (secondary N) is 1. The average Bonchev–Trinajstić information content (AvgIpc) is 2.58. The van der Waals surface area contributed by atoms with Gasteiger partial charge in [0.2, 0.25) is 5.56 Å². The number of ether oxygens (including phenoxy) is 1. The van der Waals surface area contributed by atoms with E-state index in [-0.39, 0.29) is 17.5 Å². The fourth-order valence-electron chi connectivity index (χ4n) is 3.09. The Morgan fingerprint density at radius 3 is 2.65 bits per heavy atom. The molecule has 1 heterocycles. The summed E-state index contributed by atoms with van der Waals surface area (Å²) in [4.78, 5) is 24.2. The minimum absolute atomic E-state index is 0.00844. The minimum Gasteiger partial charge on any atom is -0.497 e. The third kappa shape index (κ3) is 2.99. The van der Waals surface area contributed by atoms with Gasteiger partial charge >= 0.3 is 0 Å². The van der Waals surface area contributed by atoms with Crippen molar-refractivity contribution in [3.63, 3.8) is 0 Å². The highest BCUT2D eigenvalue weighted by Gasteiger charge is 2.24. The van der Waals surface area contributed by atoms with E-state index in [1.807, 2.05) is 6.07 Å². The minimum atomic E-state index is -0.112. The van der Waals surface area contributed by atoms with Gasteiger partial charge in [-0.25, -0.2) is 0 Å². The summed E-state index contributed by atoms with van der Waals surface area (Å²) in [6.07, 6.45) is 2.71. The maximum atomic E-state index is 12.5. The van der Waals surface area contributed by atoms with Gasteiger partial charge in [0.1, 0.15) is 5.75 Å². The number of nitrogens with zero attached hydrogens (tertiary/aromatic N) is 1. The summed E-state index contributed by atoms with van der Waals surface area (Å²) in [7, 11) is 3.38. The molecule has 5 heteroatoms. The highest BCUT2D eigenvalue weighted by molar-refractivity contribution is 5.94. The van der Waals surface area contributed by atoms with Gasteiger partial charge in [0.15, 0.2) is 0 Å². The third-order valence-electron chi connectivity index (χ3n) is 4.41. The molecule has 5 nitrogen and oxygen atoms in total. The molecule has 2 aromatic rings. The summed E-state index contributed by atoms with van der Waals surface area (Å²) in [6.45, 7) is 0. The van der Waals surface area contributed by atoms with Crippen molar-refractivity contribution in [3.05, 3.63) is 63.6 Å². The van der Waals surface area contributed by atoms with Crippen molar-refractivity contribution in [1.29, 1.82) is 0 Å². The molecule has 0 saturated carbocycles. The van der Waals surface area contributed by atoms with Crippen LogP contribution < -0.4 is 15.6 Å². The highest BCUT2D eigenvalue weighted by atomic mass is 16.5.